The molecule has 19 heavy (non-hydrogen) atoms. The van der Waals surface area contributed by atoms with Gasteiger partial charge in [-0.2, -0.15) is 0 Å². The number of rotatable bonds is 4. The smallest absolute Gasteiger partial charge is 0.219 e. The molecule has 0 spiro atoms. The first-order valence-electron chi connectivity index (χ1n) is 6.40. The quantitative estimate of drug-likeness (QED) is 0.729. The van der Waals surface area contributed by atoms with E-state index < -0.39 is 0 Å². The molecule has 0 aliphatic carbocycles. The van der Waals surface area contributed by atoms with Gasteiger partial charge in [0.1, 0.15) is 5.75 Å². The van der Waals surface area contributed by atoms with Gasteiger partial charge in [0.15, 0.2) is 0 Å². The Kier molecular flexibility index (Phi) is 4.43. The standard InChI is InChI=1S/C16H18ClNO/c1-11(2)14-8-13(10-17)9-16(18-14)19-15-7-5-4-6-12(15)3/h4-9,11H,10H2,1-3H3. The molecule has 0 bridgehead atoms. The average molecular weight is 276 g/mol. The maximum Gasteiger partial charge on any atom is 0.219 e. The molecule has 0 aliphatic heterocycles. The van der Waals surface area contributed by atoms with E-state index in [-0.39, 0.29) is 0 Å². The Labute approximate surface area is 119 Å². The van der Waals surface area contributed by atoms with Gasteiger partial charge in [0.25, 0.3) is 0 Å². The lowest BCUT2D eigenvalue weighted by molar-refractivity contribution is 0.455. The van der Waals surface area contributed by atoms with Crippen LogP contribution < -0.4 is 4.74 Å². The third-order valence-electron chi connectivity index (χ3n) is 2.94. The van der Waals surface area contributed by atoms with Gasteiger partial charge in [-0.25, -0.2) is 4.98 Å². The Morgan fingerprint density at radius 2 is 1.95 bits per heavy atom. The molecule has 100 valence electrons. The number of hydrogen-bond acceptors (Lipinski definition) is 2. The van der Waals surface area contributed by atoms with Crippen molar-refractivity contribution in [3.8, 4) is 11.6 Å². The molecule has 0 saturated heterocycles. The van der Waals surface area contributed by atoms with Gasteiger partial charge < -0.3 is 4.74 Å². The van der Waals surface area contributed by atoms with Crippen molar-refractivity contribution in [2.45, 2.75) is 32.6 Å². The number of ether oxygens (including phenoxy) is 1. The fourth-order valence-electron chi connectivity index (χ4n) is 1.79. The summed E-state index contributed by atoms with van der Waals surface area (Å²) in [7, 11) is 0. The lowest BCUT2D eigenvalue weighted by Crippen LogP contribution is -1.98. The van der Waals surface area contributed by atoms with E-state index in [2.05, 4.69) is 18.8 Å². The predicted octanol–water partition coefficient (Wildman–Crippen LogP) is 5.04. The maximum absolute atomic E-state index is 5.93. The monoisotopic (exact) mass is 275 g/mol. The van der Waals surface area contributed by atoms with Gasteiger partial charge in [-0.15, -0.1) is 11.6 Å². The van der Waals surface area contributed by atoms with Gasteiger partial charge in [0.2, 0.25) is 5.88 Å². The minimum Gasteiger partial charge on any atom is -0.439 e. The van der Waals surface area contributed by atoms with Gasteiger partial charge in [0.05, 0.1) is 0 Å². The Bertz CT molecular complexity index is 566. The number of aryl methyl sites for hydroxylation is 1. The van der Waals surface area contributed by atoms with E-state index in [1.54, 1.807) is 0 Å². The molecule has 0 unspecified atom stereocenters. The third kappa shape index (κ3) is 3.48. The lowest BCUT2D eigenvalue weighted by atomic mass is 10.1. The molecule has 0 atom stereocenters. The number of aromatic nitrogens is 1. The van der Waals surface area contributed by atoms with Gasteiger partial charge in [-0.3, -0.25) is 0 Å². The topological polar surface area (TPSA) is 22.1 Å². The van der Waals surface area contributed by atoms with Gasteiger partial charge in [-0.05, 0) is 36.1 Å². The Morgan fingerprint density at radius 1 is 1.21 bits per heavy atom. The van der Waals surface area contributed by atoms with Crippen molar-refractivity contribution in [3.63, 3.8) is 0 Å². The van der Waals surface area contributed by atoms with Crippen LogP contribution in [-0.4, -0.2) is 4.98 Å². The summed E-state index contributed by atoms with van der Waals surface area (Å²) in [6.45, 7) is 6.24. The number of hydrogen-bond donors (Lipinski definition) is 0. The number of pyridine rings is 1. The zero-order valence-electron chi connectivity index (χ0n) is 11.5. The molecule has 0 aliphatic rings. The zero-order valence-corrected chi connectivity index (χ0v) is 12.2. The number of benzene rings is 1. The van der Waals surface area contributed by atoms with E-state index in [1.165, 1.54) is 0 Å². The van der Waals surface area contributed by atoms with Gasteiger partial charge in [-0.1, -0.05) is 32.0 Å². The molecule has 2 aromatic rings. The minimum absolute atomic E-state index is 0.349. The summed E-state index contributed by atoms with van der Waals surface area (Å²) in [5.74, 6) is 2.25. The summed E-state index contributed by atoms with van der Waals surface area (Å²) < 4.78 is 5.87. The fraction of sp³-hybridized carbons (Fsp3) is 0.312. The molecule has 1 aromatic carbocycles. The number of alkyl halides is 1. The summed E-state index contributed by atoms with van der Waals surface area (Å²) >= 11 is 5.93. The van der Waals surface area contributed by atoms with Crippen LogP contribution >= 0.6 is 11.6 Å². The van der Waals surface area contributed by atoms with E-state index in [0.717, 1.165) is 22.6 Å². The first-order chi connectivity index (χ1) is 9.10. The van der Waals surface area contributed by atoms with Crippen molar-refractivity contribution in [1.29, 1.82) is 0 Å². The number of halogens is 1. The average Bonchev–Trinajstić information content (AvgIpc) is 2.41. The van der Waals surface area contributed by atoms with E-state index in [4.69, 9.17) is 16.3 Å². The zero-order chi connectivity index (χ0) is 13.8. The molecule has 2 rings (SSSR count). The highest BCUT2D eigenvalue weighted by atomic mass is 35.5. The molecular formula is C16H18ClNO. The molecule has 1 aromatic heterocycles. The fourth-order valence-corrected chi connectivity index (χ4v) is 1.95. The van der Waals surface area contributed by atoms with Crippen molar-refractivity contribution >= 4 is 11.6 Å². The summed E-state index contributed by atoms with van der Waals surface area (Å²) in [5, 5.41) is 0. The summed E-state index contributed by atoms with van der Waals surface area (Å²) in [6, 6.07) is 11.8. The van der Waals surface area contributed by atoms with Crippen LogP contribution in [0.3, 0.4) is 0 Å². The SMILES string of the molecule is Cc1ccccc1Oc1cc(CCl)cc(C(C)C)n1. The summed E-state index contributed by atoms with van der Waals surface area (Å²) in [6.07, 6.45) is 0. The molecule has 0 amide bonds. The molecular weight excluding hydrogens is 258 g/mol. The van der Waals surface area contributed by atoms with Crippen molar-refractivity contribution in [3.05, 3.63) is 53.2 Å². The highest BCUT2D eigenvalue weighted by Gasteiger charge is 2.08. The Hall–Kier alpha value is -1.54. The van der Waals surface area contributed by atoms with Crippen LogP contribution in [0.4, 0.5) is 0 Å². The van der Waals surface area contributed by atoms with Crippen LogP contribution in [0, 0.1) is 6.92 Å². The lowest BCUT2D eigenvalue weighted by Gasteiger charge is -2.12. The van der Waals surface area contributed by atoms with Gasteiger partial charge >= 0.3 is 0 Å². The maximum atomic E-state index is 5.93. The van der Waals surface area contributed by atoms with Crippen LogP contribution in [0.25, 0.3) is 0 Å². The van der Waals surface area contributed by atoms with E-state index in [0.29, 0.717) is 17.7 Å². The van der Waals surface area contributed by atoms with Crippen LogP contribution in [-0.2, 0) is 5.88 Å². The predicted molar refractivity (Wildman–Crippen MR) is 79.1 cm³/mol. The Morgan fingerprint density at radius 3 is 2.58 bits per heavy atom. The van der Waals surface area contributed by atoms with Crippen LogP contribution in [0.15, 0.2) is 36.4 Å². The van der Waals surface area contributed by atoms with Crippen LogP contribution in [0.5, 0.6) is 11.6 Å². The van der Waals surface area contributed by atoms with Crippen LogP contribution in [0.1, 0.15) is 36.6 Å². The normalized spacial score (nSPS) is 10.8. The van der Waals surface area contributed by atoms with Crippen molar-refractivity contribution in [2.24, 2.45) is 0 Å². The number of nitrogens with zero attached hydrogens (tertiary/aromatic N) is 1. The second-order valence-corrected chi connectivity index (χ2v) is 5.16. The molecule has 1 heterocycles. The second kappa shape index (κ2) is 6.07. The Balaban J connectivity index is 2.34. The highest BCUT2D eigenvalue weighted by molar-refractivity contribution is 6.17. The van der Waals surface area contributed by atoms with E-state index in [1.807, 2.05) is 43.3 Å². The second-order valence-electron chi connectivity index (χ2n) is 4.89. The van der Waals surface area contributed by atoms with Crippen molar-refractivity contribution in [1.82, 2.24) is 4.98 Å². The molecule has 0 saturated carbocycles. The van der Waals surface area contributed by atoms with E-state index in [9.17, 15) is 0 Å². The largest absolute Gasteiger partial charge is 0.439 e. The minimum atomic E-state index is 0.349. The van der Waals surface area contributed by atoms with E-state index >= 15 is 0 Å². The molecule has 0 radical (unpaired) electrons. The summed E-state index contributed by atoms with van der Waals surface area (Å²) in [5.41, 5.74) is 3.12. The first kappa shape index (κ1) is 13.9. The van der Waals surface area contributed by atoms with Crippen molar-refractivity contribution in [2.75, 3.05) is 0 Å². The summed E-state index contributed by atoms with van der Waals surface area (Å²) in [4.78, 5) is 4.54. The highest BCUT2D eigenvalue weighted by Crippen LogP contribution is 2.26. The van der Waals surface area contributed by atoms with Crippen LogP contribution in [0.2, 0.25) is 0 Å². The number of para-hydroxylation sites is 1. The van der Waals surface area contributed by atoms with Crippen molar-refractivity contribution < 1.29 is 4.74 Å². The first-order valence-corrected chi connectivity index (χ1v) is 6.94. The molecule has 0 fully saturated rings. The molecule has 2 nitrogen and oxygen atoms in total. The third-order valence-corrected chi connectivity index (χ3v) is 3.24. The molecule has 0 N–H and O–H groups in total. The van der Waals surface area contributed by atoms with Gasteiger partial charge in [0, 0.05) is 17.6 Å². The molecule has 3 heteroatoms.